The molecule has 0 aliphatic heterocycles. The number of hydrogen-bond donors (Lipinski definition) is 2. The van der Waals surface area contributed by atoms with Gasteiger partial charge in [0.05, 0.1) is 17.9 Å². The molecule has 0 aromatic heterocycles. The fraction of sp³-hybridized carbons (Fsp3) is 0.417. The number of nitrogens with one attached hydrogen (secondary N) is 1. The number of hydrogen-bond acceptors (Lipinski definition) is 4. The number of halogens is 1. The van der Waals surface area contributed by atoms with Gasteiger partial charge < -0.3 is 10.4 Å². The number of aliphatic hydroxyl groups is 1. The van der Waals surface area contributed by atoms with Crippen molar-refractivity contribution in [3.63, 3.8) is 0 Å². The summed E-state index contributed by atoms with van der Waals surface area (Å²) in [4.78, 5) is 0. The smallest absolute Gasteiger partial charge is 0.103 e. The van der Waals surface area contributed by atoms with E-state index in [4.69, 9.17) is 5.26 Å². The minimum absolute atomic E-state index is 0.0939. The fourth-order valence-corrected chi connectivity index (χ4v) is 2.61. The highest BCUT2D eigenvalue weighted by atomic mass is 79.9. The molecule has 1 aromatic rings. The van der Waals surface area contributed by atoms with Gasteiger partial charge in [-0.3, -0.25) is 0 Å². The Morgan fingerprint density at radius 1 is 1.59 bits per heavy atom. The number of nitrogens with zero attached hydrogens (tertiary/aromatic N) is 1. The van der Waals surface area contributed by atoms with E-state index in [1.807, 2.05) is 31.4 Å². The van der Waals surface area contributed by atoms with Crippen molar-refractivity contribution in [2.24, 2.45) is 0 Å². The van der Waals surface area contributed by atoms with Gasteiger partial charge in [0.1, 0.15) is 6.07 Å². The SMILES string of the molecule is CSC(CO)C(C)Nc1cccc(Br)c1C#N. The number of anilines is 1. The molecule has 0 fully saturated rings. The second kappa shape index (κ2) is 6.90. The summed E-state index contributed by atoms with van der Waals surface area (Å²) in [7, 11) is 0. The third-order valence-corrected chi connectivity index (χ3v) is 4.37. The third kappa shape index (κ3) is 3.63. The lowest BCUT2D eigenvalue weighted by atomic mass is 10.1. The van der Waals surface area contributed by atoms with Crippen molar-refractivity contribution in [2.75, 3.05) is 18.2 Å². The molecule has 0 saturated heterocycles. The standard InChI is InChI=1S/C12H15BrN2OS/c1-8(12(7-16)17-2)15-11-5-3-4-10(13)9(11)6-14/h3-5,8,12,15-16H,7H2,1-2H3. The van der Waals surface area contributed by atoms with Gasteiger partial charge in [-0.15, -0.1) is 0 Å². The van der Waals surface area contributed by atoms with Crippen LogP contribution < -0.4 is 5.32 Å². The van der Waals surface area contributed by atoms with Gasteiger partial charge in [0.2, 0.25) is 0 Å². The topological polar surface area (TPSA) is 56.0 Å². The predicted molar refractivity (Wildman–Crippen MR) is 76.3 cm³/mol. The van der Waals surface area contributed by atoms with Gasteiger partial charge in [-0.25, -0.2) is 0 Å². The van der Waals surface area contributed by atoms with Gasteiger partial charge in [0.15, 0.2) is 0 Å². The van der Waals surface area contributed by atoms with E-state index < -0.39 is 0 Å². The van der Waals surface area contributed by atoms with E-state index in [-0.39, 0.29) is 17.9 Å². The zero-order valence-electron chi connectivity index (χ0n) is 9.77. The molecule has 2 atom stereocenters. The van der Waals surface area contributed by atoms with E-state index >= 15 is 0 Å². The molecule has 1 rings (SSSR count). The summed E-state index contributed by atoms with van der Waals surface area (Å²) >= 11 is 4.96. The van der Waals surface area contributed by atoms with Gasteiger partial charge in [-0.1, -0.05) is 6.07 Å². The van der Waals surface area contributed by atoms with Crippen LogP contribution in [-0.2, 0) is 0 Å². The fourth-order valence-electron chi connectivity index (χ4n) is 1.53. The van der Waals surface area contributed by atoms with Crippen LogP contribution in [0.5, 0.6) is 0 Å². The zero-order chi connectivity index (χ0) is 12.8. The number of nitriles is 1. The molecule has 0 aliphatic rings. The lowest BCUT2D eigenvalue weighted by Gasteiger charge is -2.23. The summed E-state index contributed by atoms with van der Waals surface area (Å²) in [6, 6.07) is 7.85. The molecule has 0 bridgehead atoms. The lowest BCUT2D eigenvalue weighted by Crippen LogP contribution is -2.31. The first kappa shape index (κ1) is 14.4. The maximum Gasteiger partial charge on any atom is 0.103 e. The average Bonchev–Trinajstić information content (AvgIpc) is 2.31. The predicted octanol–water partition coefficient (Wildman–Crippen LogP) is 2.85. The molecule has 0 amide bonds. The average molecular weight is 315 g/mol. The Morgan fingerprint density at radius 2 is 2.29 bits per heavy atom. The van der Waals surface area contributed by atoms with Crippen molar-refractivity contribution in [1.82, 2.24) is 0 Å². The summed E-state index contributed by atoms with van der Waals surface area (Å²) in [6.07, 6.45) is 1.96. The maximum atomic E-state index is 9.22. The minimum atomic E-state index is 0.0939. The van der Waals surface area contributed by atoms with Crippen molar-refractivity contribution in [3.8, 4) is 6.07 Å². The van der Waals surface area contributed by atoms with Crippen molar-refractivity contribution < 1.29 is 5.11 Å². The largest absolute Gasteiger partial charge is 0.395 e. The van der Waals surface area contributed by atoms with Crippen LogP contribution in [0.25, 0.3) is 0 Å². The molecular formula is C12H15BrN2OS. The zero-order valence-corrected chi connectivity index (χ0v) is 12.2. The minimum Gasteiger partial charge on any atom is -0.395 e. The molecule has 92 valence electrons. The second-order valence-corrected chi connectivity index (χ2v) is 5.60. The quantitative estimate of drug-likeness (QED) is 0.877. The first-order chi connectivity index (χ1) is 8.13. The molecule has 2 N–H and O–H groups in total. The summed E-state index contributed by atoms with van der Waals surface area (Å²) in [6.45, 7) is 2.12. The van der Waals surface area contributed by atoms with E-state index in [9.17, 15) is 5.11 Å². The summed E-state index contributed by atoms with van der Waals surface area (Å²) in [5, 5.41) is 21.7. The van der Waals surface area contributed by atoms with Gasteiger partial charge in [0, 0.05) is 15.8 Å². The maximum absolute atomic E-state index is 9.22. The van der Waals surface area contributed by atoms with E-state index in [2.05, 4.69) is 27.3 Å². The highest BCUT2D eigenvalue weighted by Gasteiger charge is 2.16. The Kier molecular flexibility index (Phi) is 5.83. The number of rotatable bonds is 5. The van der Waals surface area contributed by atoms with Crippen LogP contribution in [-0.4, -0.2) is 29.3 Å². The summed E-state index contributed by atoms with van der Waals surface area (Å²) < 4.78 is 0.780. The summed E-state index contributed by atoms with van der Waals surface area (Å²) in [5.41, 5.74) is 1.39. The first-order valence-electron chi connectivity index (χ1n) is 5.22. The van der Waals surface area contributed by atoms with Crippen LogP contribution in [0.15, 0.2) is 22.7 Å². The number of thioether (sulfide) groups is 1. The Bertz CT molecular complexity index is 415. The van der Waals surface area contributed by atoms with Gasteiger partial charge in [-0.05, 0) is 41.2 Å². The molecule has 17 heavy (non-hydrogen) atoms. The number of aliphatic hydroxyl groups excluding tert-OH is 1. The molecule has 0 aliphatic carbocycles. The van der Waals surface area contributed by atoms with Crippen LogP contribution in [0, 0.1) is 11.3 Å². The van der Waals surface area contributed by atoms with Crippen LogP contribution in [0.1, 0.15) is 12.5 Å². The molecule has 2 unspecified atom stereocenters. The van der Waals surface area contributed by atoms with Crippen LogP contribution >= 0.6 is 27.7 Å². The van der Waals surface area contributed by atoms with Crippen molar-refractivity contribution in [2.45, 2.75) is 18.2 Å². The molecule has 5 heteroatoms. The molecular weight excluding hydrogens is 300 g/mol. The lowest BCUT2D eigenvalue weighted by molar-refractivity contribution is 0.288. The summed E-state index contributed by atoms with van der Waals surface area (Å²) in [5.74, 6) is 0. The Morgan fingerprint density at radius 3 is 2.82 bits per heavy atom. The first-order valence-corrected chi connectivity index (χ1v) is 7.31. The number of benzene rings is 1. The van der Waals surface area contributed by atoms with Crippen LogP contribution in [0.3, 0.4) is 0 Å². The highest BCUT2D eigenvalue weighted by molar-refractivity contribution is 9.10. The normalized spacial score (nSPS) is 13.8. The monoisotopic (exact) mass is 314 g/mol. The Balaban J connectivity index is 2.89. The molecule has 0 spiro atoms. The van der Waals surface area contributed by atoms with E-state index in [0.29, 0.717) is 5.56 Å². The Hall–Kier alpha value is -0.700. The molecule has 0 radical (unpaired) electrons. The highest BCUT2D eigenvalue weighted by Crippen LogP contribution is 2.25. The van der Waals surface area contributed by atoms with E-state index in [0.717, 1.165) is 10.2 Å². The van der Waals surface area contributed by atoms with Crippen molar-refractivity contribution >= 4 is 33.4 Å². The van der Waals surface area contributed by atoms with Crippen LogP contribution in [0.2, 0.25) is 0 Å². The molecule has 0 saturated carbocycles. The van der Waals surface area contributed by atoms with Crippen LogP contribution in [0.4, 0.5) is 5.69 Å². The third-order valence-electron chi connectivity index (χ3n) is 2.55. The van der Waals surface area contributed by atoms with Gasteiger partial charge in [0.25, 0.3) is 0 Å². The Labute approximate surface area is 114 Å². The van der Waals surface area contributed by atoms with Gasteiger partial charge in [-0.2, -0.15) is 17.0 Å². The van der Waals surface area contributed by atoms with Crippen molar-refractivity contribution in [3.05, 3.63) is 28.2 Å². The van der Waals surface area contributed by atoms with E-state index in [1.165, 1.54) is 0 Å². The molecule has 0 heterocycles. The van der Waals surface area contributed by atoms with E-state index in [1.54, 1.807) is 11.8 Å². The molecule has 3 nitrogen and oxygen atoms in total. The van der Waals surface area contributed by atoms with Gasteiger partial charge >= 0.3 is 0 Å². The second-order valence-electron chi connectivity index (χ2n) is 3.66. The molecule has 1 aromatic carbocycles. The van der Waals surface area contributed by atoms with Crippen molar-refractivity contribution in [1.29, 1.82) is 5.26 Å².